The highest BCUT2D eigenvalue weighted by Gasteiger charge is 2.22. The fraction of sp³-hybridized carbons (Fsp3) is 0.333. The van der Waals surface area contributed by atoms with Crippen molar-refractivity contribution < 1.29 is 9.18 Å². The molecule has 1 N–H and O–H groups in total. The molecule has 2 aromatic heterocycles. The normalized spacial score (nSPS) is 15.9. The number of nitrogens with one attached hydrogen (secondary N) is 1. The lowest BCUT2D eigenvalue weighted by molar-refractivity contribution is 0.0913. The third-order valence-electron chi connectivity index (χ3n) is 5.03. The number of aryl methyl sites for hydroxylation is 1. The maximum absolute atomic E-state index is 13.9. The predicted molar refractivity (Wildman–Crippen MR) is 107 cm³/mol. The maximum atomic E-state index is 13.9. The number of rotatable bonds is 4. The Labute approximate surface area is 162 Å². The minimum atomic E-state index is -0.223. The molecule has 27 heavy (non-hydrogen) atoms. The van der Waals surface area contributed by atoms with Crippen molar-refractivity contribution >= 4 is 28.1 Å². The second kappa shape index (κ2) is 7.74. The summed E-state index contributed by atoms with van der Waals surface area (Å²) in [6, 6.07) is 10.9. The van der Waals surface area contributed by atoms with Crippen LogP contribution in [0, 0.1) is 12.7 Å². The maximum Gasteiger partial charge on any atom is 0.261 e. The van der Waals surface area contributed by atoms with Crippen molar-refractivity contribution in [1.29, 1.82) is 0 Å². The van der Waals surface area contributed by atoms with Gasteiger partial charge in [-0.15, -0.1) is 11.3 Å². The molecule has 0 atom stereocenters. The molecule has 1 aromatic carbocycles. The van der Waals surface area contributed by atoms with E-state index in [-0.39, 0.29) is 17.8 Å². The fourth-order valence-corrected chi connectivity index (χ4v) is 4.41. The zero-order valence-electron chi connectivity index (χ0n) is 15.2. The van der Waals surface area contributed by atoms with Crippen LogP contribution in [0.3, 0.4) is 0 Å². The first-order valence-electron chi connectivity index (χ1n) is 9.21. The molecule has 4 nitrogen and oxygen atoms in total. The van der Waals surface area contributed by atoms with Crippen LogP contribution in [0.15, 0.2) is 42.6 Å². The molecule has 1 fully saturated rings. The summed E-state index contributed by atoms with van der Waals surface area (Å²) in [5.41, 5.74) is 1.78. The van der Waals surface area contributed by atoms with Gasteiger partial charge in [-0.2, -0.15) is 0 Å². The number of nitrogens with zero attached hydrogens (tertiary/aromatic N) is 2. The number of amides is 1. The van der Waals surface area contributed by atoms with E-state index < -0.39 is 0 Å². The first-order chi connectivity index (χ1) is 13.1. The monoisotopic (exact) mass is 383 g/mol. The number of pyridine rings is 1. The van der Waals surface area contributed by atoms with Gasteiger partial charge in [-0.1, -0.05) is 6.07 Å². The highest BCUT2D eigenvalue weighted by molar-refractivity contribution is 7.13. The number of fused-ring (bicyclic) bond motifs is 1. The highest BCUT2D eigenvalue weighted by atomic mass is 32.1. The first-order valence-corrected chi connectivity index (χ1v) is 10.0. The Morgan fingerprint density at radius 1 is 1.30 bits per heavy atom. The lowest BCUT2D eigenvalue weighted by atomic mass is 10.0. The van der Waals surface area contributed by atoms with E-state index in [1.54, 1.807) is 12.3 Å². The average Bonchev–Trinajstić information content (AvgIpc) is 3.10. The number of benzene rings is 1. The van der Waals surface area contributed by atoms with E-state index in [1.165, 1.54) is 17.4 Å². The molecule has 3 aromatic rings. The Morgan fingerprint density at radius 3 is 2.85 bits per heavy atom. The van der Waals surface area contributed by atoms with Gasteiger partial charge in [0, 0.05) is 42.1 Å². The Morgan fingerprint density at radius 2 is 2.11 bits per heavy atom. The van der Waals surface area contributed by atoms with E-state index in [0.29, 0.717) is 6.54 Å². The van der Waals surface area contributed by atoms with Crippen LogP contribution in [-0.4, -0.2) is 34.9 Å². The number of halogens is 1. The van der Waals surface area contributed by atoms with Gasteiger partial charge in [0.2, 0.25) is 0 Å². The van der Waals surface area contributed by atoms with Crippen LogP contribution >= 0.6 is 11.3 Å². The summed E-state index contributed by atoms with van der Waals surface area (Å²) in [6.07, 6.45) is 3.55. The molecule has 1 aliphatic heterocycles. The van der Waals surface area contributed by atoms with Crippen molar-refractivity contribution in [1.82, 2.24) is 15.2 Å². The molecule has 0 aliphatic carbocycles. The first kappa shape index (κ1) is 18.1. The van der Waals surface area contributed by atoms with Crippen molar-refractivity contribution in [2.24, 2.45) is 0 Å². The molecular weight excluding hydrogens is 361 g/mol. The average molecular weight is 383 g/mol. The standard InChI is InChI=1S/C21H22FN3OS/c1-14-4-5-19(27-14)21(26)24-18-6-9-25(10-7-18)13-16-12-17(22)11-15-3-2-8-23-20(15)16/h2-5,8,11-12,18H,6-7,9-10,13H2,1H3,(H,24,26). The van der Waals surface area contributed by atoms with E-state index >= 15 is 0 Å². The van der Waals surface area contributed by atoms with Gasteiger partial charge < -0.3 is 5.32 Å². The molecule has 0 radical (unpaired) electrons. The summed E-state index contributed by atoms with van der Waals surface area (Å²) in [4.78, 5) is 21.0. The van der Waals surface area contributed by atoms with Crippen LogP contribution < -0.4 is 5.32 Å². The van der Waals surface area contributed by atoms with Gasteiger partial charge in [0.1, 0.15) is 5.82 Å². The third kappa shape index (κ3) is 4.17. The molecule has 140 valence electrons. The smallest absolute Gasteiger partial charge is 0.261 e. The lowest BCUT2D eigenvalue weighted by Crippen LogP contribution is -2.44. The van der Waals surface area contributed by atoms with E-state index in [2.05, 4.69) is 15.2 Å². The molecule has 0 unspecified atom stereocenters. The van der Waals surface area contributed by atoms with E-state index in [4.69, 9.17) is 0 Å². The van der Waals surface area contributed by atoms with Crippen molar-refractivity contribution in [3.05, 3.63) is 63.7 Å². The van der Waals surface area contributed by atoms with Gasteiger partial charge in [-0.3, -0.25) is 14.7 Å². The van der Waals surface area contributed by atoms with Gasteiger partial charge in [0.05, 0.1) is 10.4 Å². The molecule has 1 amide bonds. The minimum Gasteiger partial charge on any atom is -0.349 e. The fourth-order valence-electron chi connectivity index (χ4n) is 3.64. The Bertz CT molecular complexity index is 963. The number of thiophene rings is 1. The van der Waals surface area contributed by atoms with Gasteiger partial charge in [-0.05, 0) is 55.7 Å². The number of aromatic nitrogens is 1. The van der Waals surface area contributed by atoms with Crippen LogP contribution in [0.4, 0.5) is 4.39 Å². The predicted octanol–water partition coefficient (Wildman–Crippen LogP) is 4.14. The van der Waals surface area contributed by atoms with E-state index in [0.717, 1.165) is 52.2 Å². The molecule has 4 rings (SSSR count). The molecule has 1 saturated heterocycles. The van der Waals surface area contributed by atoms with Crippen molar-refractivity contribution in [3.63, 3.8) is 0 Å². The van der Waals surface area contributed by atoms with Crippen molar-refractivity contribution in [3.8, 4) is 0 Å². The second-order valence-corrected chi connectivity index (χ2v) is 8.36. The van der Waals surface area contributed by atoms with Crippen LogP contribution in [-0.2, 0) is 6.54 Å². The quantitative estimate of drug-likeness (QED) is 0.737. The summed E-state index contributed by atoms with van der Waals surface area (Å²) in [7, 11) is 0. The highest BCUT2D eigenvalue weighted by Crippen LogP contribution is 2.22. The molecule has 1 aliphatic rings. The largest absolute Gasteiger partial charge is 0.349 e. The van der Waals surface area contributed by atoms with Gasteiger partial charge in [0.25, 0.3) is 5.91 Å². The third-order valence-corrected chi connectivity index (χ3v) is 6.03. The summed E-state index contributed by atoms with van der Waals surface area (Å²) in [6.45, 7) is 4.43. The number of hydrogen-bond donors (Lipinski definition) is 1. The summed E-state index contributed by atoms with van der Waals surface area (Å²) in [5, 5.41) is 3.98. The van der Waals surface area contributed by atoms with E-state index in [1.807, 2.05) is 31.2 Å². The Balaban J connectivity index is 1.37. The Hall–Kier alpha value is -2.31. The van der Waals surface area contributed by atoms with Crippen LogP contribution in [0.25, 0.3) is 10.9 Å². The van der Waals surface area contributed by atoms with Crippen molar-refractivity contribution in [2.45, 2.75) is 32.4 Å². The summed E-state index contributed by atoms with van der Waals surface area (Å²) < 4.78 is 13.9. The topological polar surface area (TPSA) is 45.2 Å². The van der Waals surface area contributed by atoms with Crippen molar-refractivity contribution in [2.75, 3.05) is 13.1 Å². The number of piperidine rings is 1. The van der Waals surface area contributed by atoms with Crippen LogP contribution in [0.5, 0.6) is 0 Å². The Kier molecular flexibility index (Phi) is 5.18. The van der Waals surface area contributed by atoms with Crippen LogP contribution in [0.1, 0.15) is 33.0 Å². The molecule has 0 bridgehead atoms. The number of hydrogen-bond acceptors (Lipinski definition) is 4. The van der Waals surface area contributed by atoms with Crippen LogP contribution in [0.2, 0.25) is 0 Å². The number of carbonyl (C=O) groups excluding carboxylic acids is 1. The molecular formula is C21H22FN3OS. The molecule has 3 heterocycles. The number of likely N-dealkylation sites (tertiary alicyclic amines) is 1. The minimum absolute atomic E-state index is 0.0203. The summed E-state index contributed by atoms with van der Waals surface area (Å²) in [5.74, 6) is -0.203. The second-order valence-electron chi connectivity index (χ2n) is 7.07. The zero-order valence-corrected chi connectivity index (χ0v) is 16.1. The molecule has 6 heteroatoms. The SMILES string of the molecule is Cc1ccc(C(=O)NC2CCN(Cc3cc(F)cc4cccnc34)CC2)s1. The zero-order chi connectivity index (χ0) is 18.8. The lowest BCUT2D eigenvalue weighted by Gasteiger charge is -2.32. The van der Waals surface area contributed by atoms with Gasteiger partial charge >= 0.3 is 0 Å². The molecule has 0 spiro atoms. The molecule has 0 saturated carbocycles. The van der Waals surface area contributed by atoms with E-state index in [9.17, 15) is 9.18 Å². The number of carbonyl (C=O) groups is 1. The summed E-state index contributed by atoms with van der Waals surface area (Å²) >= 11 is 1.52. The van der Waals surface area contributed by atoms with Gasteiger partial charge in [-0.25, -0.2) is 4.39 Å². The van der Waals surface area contributed by atoms with Gasteiger partial charge in [0.15, 0.2) is 0 Å².